The van der Waals surface area contributed by atoms with Crippen LogP contribution in [0.4, 0.5) is 0 Å². The highest BCUT2D eigenvalue weighted by molar-refractivity contribution is 7.13. The van der Waals surface area contributed by atoms with Gasteiger partial charge in [0.1, 0.15) is 12.3 Å². The summed E-state index contributed by atoms with van der Waals surface area (Å²) in [6.07, 6.45) is -0.659. The summed E-state index contributed by atoms with van der Waals surface area (Å²) in [7, 11) is 0. The Morgan fingerprint density at radius 2 is 2.29 bits per heavy atom. The molecule has 21 heavy (non-hydrogen) atoms. The van der Waals surface area contributed by atoms with Gasteiger partial charge in [0, 0.05) is 17.5 Å². The molecule has 3 atom stereocenters. The van der Waals surface area contributed by atoms with E-state index in [1.165, 1.54) is 22.1 Å². The lowest BCUT2D eigenvalue weighted by atomic mass is 10.2. The lowest BCUT2D eigenvalue weighted by Crippen LogP contribution is -2.33. The monoisotopic (exact) mass is 310 g/mol. The van der Waals surface area contributed by atoms with Crippen LogP contribution in [0.5, 0.6) is 0 Å². The first-order valence-electron chi connectivity index (χ1n) is 6.44. The zero-order valence-electron chi connectivity index (χ0n) is 10.9. The number of H-pyrrole nitrogens is 1. The van der Waals surface area contributed by atoms with E-state index in [9.17, 15) is 14.7 Å². The molecule has 0 aliphatic carbocycles. The van der Waals surface area contributed by atoms with Crippen LogP contribution in [0.1, 0.15) is 12.6 Å². The number of ether oxygens (including phenoxy) is 1. The maximum Gasteiger partial charge on any atom is 0.330 e. The Kier molecular flexibility index (Phi) is 3.77. The summed E-state index contributed by atoms with van der Waals surface area (Å²) >= 11 is 1.39. The van der Waals surface area contributed by atoms with E-state index in [1.807, 2.05) is 11.4 Å². The SMILES string of the molecule is O=c1[nH]c(=O)n([C@H]2C[C@@H](O)[C@@H](CO)O2)cc1-c1cccs1. The highest BCUT2D eigenvalue weighted by atomic mass is 32.1. The van der Waals surface area contributed by atoms with Gasteiger partial charge in [-0.25, -0.2) is 4.79 Å². The smallest absolute Gasteiger partial charge is 0.330 e. The molecule has 7 nitrogen and oxygen atoms in total. The second kappa shape index (κ2) is 5.57. The van der Waals surface area contributed by atoms with Crippen LogP contribution in [0, 0.1) is 0 Å². The van der Waals surface area contributed by atoms with Crippen LogP contribution < -0.4 is 11.2 Å². The topological polar surface area (TPSA) is 105 Å². The fourth-order valence-electron chi connectivity index (χ4n) is 2.36. The number of hydrogen-bond acceptors (Lipinski definition) is 6. The van der Waals surface area contributed by atoms with Gasteiger partial charge in [0.15, 0.2) is 0 Å². The molecule has 0 amide bonds. The van der Waals surface area contributed by atoms with E-state index in [1.54, 1.807) is 6.07 Å². The Morgan fingerprint density at radius 1 is 1.48 bits per heavy atom. The summed E-state index contributed by atoms with van der Waals surface area (Å²) in [6.45, 7) is -0.326. The fraction of sp³-hybridized carbons (Fsp3) is 0.385. The van der Waals surface area contributed by atoms with Gasteiger partial charge in [-0.3, -0.25) is 14.3 Å². The minimum Gasteiger partial charge on any atom is -0.394 e. The van der Waals surface area contributed by atoms with E-state index in [0.29, 0.717) is 5.56 Å². The number of nitrogens with zero attached hydrogens (tertiary/aromatic N) is 1. The van der Waals surface area contributed by atoms with Gasteiger partial charge in [-0.2, -0.15) is 0 Å². The van der Waals surface area contributed by atoms with Crippen LogP contribution in [-0.4, -0.2) is 38.6 Å². The summed E-state index contributed by atoms with van der Waals surface area (Å²) in [4.78, 5) is 26.8. The summed E-state index contributed by atoms with van der Waals surface area (Å²) in [6, 6.07) is 3.59. The molecule has 0 bridgehead atoms. The molecule has 3 rings (SSSR count). The molecule has 1 aliphatic heterocycles. The molecule has 1 aliphatic rings. The third kappa shape index (κ3) is 2.58. The van der Waals surface area contributed by atoms with Gasteiger partial charge < -0.3 is 14.9 Å². The van der Waals surface area contributed by atoms with E-state index in [0.717, 1.165) is 4.88 Å². The van der Waals surface area contributed by atoms with Gasteiger partial charge in [-0.15, -0.1) is 11.3 Å². The van der Waals surface area contributed by atoms with E-state index in [2.05, 4.69) is 4.98 Å². The molecule has 2 aromatic heterocycles. The summed E-state index contributed by atoms with van der Waals surface area (Å²) in [5, 5.41) is 20.7. The van der Waals surface area contributed by atoms with Crippen molar-refractivity contribution in [3.63, 3.8) is 0 Å². The zero-order valence-corrected chi connectivity index (χ0v) is 11.7. The number of aliphatic hydroxyl groups excluding tert-OH is 2. The van der Waals surface area contributed by atoms with Crippen molar-refractivity contribution in [3.8, 4) is 10.4 Å². The Morgan fingerprint density at radius 3 is 2.90 bits per heavy atom. The molecular weight excluding hydrogens is 296 g/mol. The lowest BCUT2D eigenvalue weighted by molar-refractivity contribution is -0.0458. The van der Waals surface area contributed by atoms with Crippen molar-refractivity contribution >= 4 is 11.3 Å². The third-order valence-electron chi connectivity index (χ3n) is 3.45. The number of thiophene rings is 1. The van der Waals surface area contributed by atoms with Crippen molar-refractivity contribution in [3.05, 3.63) is 44.5 Å². The van der Waals surface area contributed by atoms with Crippen LogP contribution in [0.15, 0.2) is 33.3 Å². The van der Waals surface area contributed by atoms with Gasteiger partial charge in [0.25, 0.3) is 5.56 Å². The second-order valence-electron chi connectivity index (χ2n) is 4.80. The van der Waals surface area contributed by atoms with Crippen LogP contribution in [0.3, 0.4) is 0 Å². The van der Waals surface area contributed by atoms with Crippen LogP contribution >= 0.6 is 11.3 Å². The van der Waals surface area contributed by atoms with E-state index in [4.69, 9.17) is 9.84 Å². The van der Waals surface area contributed by atoms with Gasteiger partial charge in [0.2, 0.25) is 0 Å². The van der Waals surface area contributed by atoms with Crippen LogP contribution in [-0.2, 0) is 4.74 Å². The Labute approximate surface area is 123 Å². The van der Waals surface area contributed by atoms with Gasteiger partial charge in [-0.05, 0) is 11.4 Å². The quantitative estimate of drug-likeness (QED) is 0.735. The van der Waals surface area contributed by atoms with Crippen LogP contribution in [0.2, 0.25) is 0 Å². The minimum absolute atomic E-state index is 0.182. The molecule has 3 heterocycles. The number of rotatable bonds is 3. The second-order valence-corrected chi connectivity index (χ2v) is 5.75. The highest BCUT2D eigenvalue weighted by Gasteiger charge is 2.35. The largest absolute Gasteiger partial charge is 0.394 e. The Balaban J connectivity index is 2.02. The molecule has 1 fully saturated rings. The third-order valence-corrected chi connectivity index (χ3v) is 4.35. The van der Waals surface area contributed by atoms with Crippen molar-refractivity contribution in [1.29, 1.82) is 0 Å². The zero-order chi connectivity index (χ0) is 15.0. The number of aromatic amines is 1. The van der Waals surface area contributed by atoms with Crippen molar-refractivity contribution in [2.45, 2.75) is 24.9 Å². The van der Waals surface area contributed by atoms with Gasteiger partial charge in [0.05, 0.1) is 18.3 Å². The first kappa shape index (κ1) is 14.2. The number of hydrogen-bond donors (Lipinski definition) is 3. The van der Waals surface area contributed by atoms with Crippen molar-refractivity contribution in [2.24, 2.45) is 0 Å². The number of aromatic nitrogens is 2. The van der Waals surface area contributed by atoms with Crippen LogP contribution in [0.25, 0.3) is 10.4 Å². The molecule has 2 aromatic rings. The minimum atomic E-state index is -0.844. The van der Waals surface area contributed by atoms with E-state index in [-0.39, 0.29) is 13.0 Å². The van der Waals surface area contributed by atoms with Gasteiger partial charge in [-0.1, -0.05) is 6.07 Å². The molecule has 0 saturated carbocycles. The van der Waals surface area contributed by atoms with Gasteiger partial charge >= 0.3 is 5.69 Å². The molecule has 8 heteroatoms. The Hall–Kier alpha value is -1.74. The molecular formula is C13H14N2O5S. The summed E-state index contributed by atoms with van der Waals surface area (Å²) in [5.41, 5.74) is -0.692. The average molecular weight is 310 g/mol. The lowest BCUT2D eigenvalue weighted by Gasteiger charge is -2.15. The van der Waals surface area contributed by atoms with E-state index < -0.39 is 29.7 Å². The molecule has 3 N–H and O–H groups in total. The molecule has 0 spiro atoms. The maximum atomic E-state index is 11.9. The molecule has 112 valence electrons. The Bertz CT molecular complexity index is 736. The number of nitrogens with one attached hydrogen (secondary N) is 1. The predicted molar refractivity (Wildman–Crippen MR) is 76.3 cm³/mol. The maximum absolute atomic E-state index is 11.9. The molecule has 0 aromatic carbocycles. The van der Waals surface area contributed by atoms with E-state index >= 15 is 0 Å². The standard InChI is InChI=1S/C13H14N2O5S/c16-6-9-8(17)4-11(20-9)15-5-7(10-2-1-3-21-10)12(18)14-13(15)19/h1-3,5,8-9,11,16-17H,4,6H2,(H,14,18,19)/t8-,9-,11-/m1/s1. The first-order chi connectivity index (χ1) is 10.1. The molecule has 0 unspecified atom stereocenters. The number of aliphatic hydroxyl groups is 2. The fourth-order valence-corrected chi connectivity index (χ4v) is 3.09. The average Bonchev–Trinajstić information content (AvgIpc) is 3.08. The summed E-state index contributed by atoms with van der Waals surface area (Å²) in [5.74, 6) is 0. The van der Waals surface area contributed by atoms with Crippen molar-refractivity contribution in [2.75, 3.05) is 6.61 Å². The predicted octanol–water partition coefficient (Wildman–Crippen LogP) is -0.0942. The summed E-state index contributed by atoms with van der Waals surface area (Å²) < 4.78 is 6.69. The first-order valence-corrected chi connectivity index (χ1v) is 7.32. The highest BCUT2D eigenvalue weighted by Crippen LogP contribution is 2.28. The normalized spacial score (nSPS) is 25.3. The molecule has 1 saturated heterocycles. The molecule has 0 radical (unpaired) electrons. The van der Waals surface area contributed by atoms with Crippen molar-refractivity contribution in [1.82, 2.24) is 9.55 Å². The van der Waals surface area contributed by atoms with Crippen molar-refractivity contribution < 1.29 is 14.9 Å².